The highest BCUT2D eigenvalue weighted by molar-refractivity contribution is 6.32. The summed E-state index contributed by atoms with van der Waals surface area (Å²) < 4.78 is 18.3. The first-order valence-electron chi connectivity index (χ1n) is 10.2. The van der Waals surface area contributed by atoms with Gasteiger partial charge >= 0.3 is 0 Å². The quantitative estimate of drug-likeness (QED) is 0.462. The highest BCUT2D eigenvalue weighted by Crippen LogP contribution is 2.35. The van der Waals surface area contributed by atoms with Crippen molar-refractivity contribution in [2.24, 2.45) is 0 Å². The molecule has 1 aliphatic rings. The number of aliphatic hydroxyl groups is 1. The number of ether oxygens (including phenoxy) is 1. The average molecular weight is 492 g/mol. The van der Waals surface area contributed by atoms with Crippen LogP contribution in [0.4, 0.5) is 21.7 Å². The molecule has 2 N–H and O–H groups in total. The van der Waals surface area contributed by atoms with E-state index in [4.69, 9.17) is 22.9 Å². The van der Waals surface area contributed by atoms with Crippen LogP contribution in [0.2, 0.25) is 5.02 Å². The van der Waals surface area contributed by atoms with Gasteiger partial charge in [0.25, 0.3) is 0 Å². The third-order valence-electron chi connectivity index (χ3n) is 5.79. The lowest BCUT2D eigenvalue weighted by atomic mass is 9.93. The zero-order valence-electron chi connectivity index (χ0n) is 18.0. The molecule has 0 aliphatic carbocycles. The molecule has 7 nitrogen and oxygen atoms in total. The van der Waals surface area contributed by atoms with Gasteiger partial charge in [-0.05, 0) is 36.6 Å². The molecule has 4 rings (SSSR count). The van der Waals surface area contributed by atoms with Crippen molar-refractivity contribution in [1.82, 2.24) is 10.2 Å². The van der Waals surface area contributed by atoms with Crippen LogP contribution >= 0.6 is 24.0 Å². The Balaban J connectivity index is 0.00000306. The lowest BCUT2D eigenvalue weighted by Gasteiger charge is -2.37. The summed E-state index contributed by atoms with van der Waals surface area (Å²) in [5, 5.41) is 24.4. The number of aromatic nitrogens is 2. The first-order valence-corrected chi connectivity index (χ1v) is 10.6. The Hall–Kier alpha value is -2.86. The lowest BCUT2D eigenvalue weighted by molar-refractivity contribution is -0.00611. The smallest absolute Gasteiger partial charge is 0.188 e. The number of benzene rings is 2. The number of alkyl halides is 1. The van der Waals surface area contributed by atoms with Gasteiger partial charge in [0.2, 0.25) is 0 Å². The SMILES string of the molecule is Cl.[C-]#[N+]c1ccc2c(N3CCC(O)(CF)CC3)nnc(NCc3ccc(OC)c(Cl)c3)c2c1. The molecule has 0 bridgehead atoms. The molecule has 0 spiro atoms. The number of hydrogen-bond donors (Lipinski definition) is 2. The predicted octanol–water partition coefficient (Wildman–Crippen LogP) is 5.18. The van der Waals surface area contributed by atoms with Crippen molar-refractivity contribution in [1.29, 1.82) is 0 Å². The third-order valence-corrected chi connectivity index (χ3v) is 6.09. The largest absolute Gasteiger partial charge is 0.495 e. The van der Waals surface area contributed by atoms with Gasteiger partial charge in [0.05, 0.1) is 24.3 Å². The second kappa shape index (κ2) is 10.4. The highest BCUT2D eigenvalue weighted by atomic mass is 35.5. The minimum Gasteiger partial charge on any atom is -0.495 e. The van der Waals surface area contributed by atoms with E-state index in [1.165, 1.54) is 0 Å². The van der Waals surface area contributed by atoms with Crippen molar-refractivity contribution in [2.75, 3.05) is 37.1 Å². The summed E-state index contributed by atoms with van der Waals surface area (Å²) in [7, 11) is 1.57. The predicted molar refractivity (Wildman–Crippen MR) is 131 cm³/mol. The average Bonchev–Trinajstić information content (AvgIpc) is 2.83. The van der Waals surface area contributed by atoms with Crippen LogP contribution in [0.25, 0.3) is 15.6 Å². The van der Waals surface area contributed by atoms with Crippen LogP contribution in [0.15, 0.2) is 36.4 Å². The first kappa shape index (κ1) is 24.8. The molecule has 0 radical (unpaired) electrons. The summed E-state index contributed by atoms with van der Waals surface area (Å²) in [4.78, 5) is 5.54. The van der Waals surface area contributed by atoms with E-state index in [0.29, 0.717) is 60.6 Å². The molecule has 1 saturated heterocycles. The second-order valence-electron chi connectivity index (χ2n) is 7.88. The molecule has 3 aromatic rings. The van der Waals surface area contributed by atoms with Gasteiger partial charge in [-0.25, -0.2) is 9.24 Å². The Bertz CT molecular complexity index is 1180. The molecule has 1 aliphatic heterocycles. The van der Waals surface area contributed by atoms with Crippen molar-refractivity contribution in [3.05, 3.63) is 58.4 Å². The van der Waals surface area contributed by atoms with E-state index in [1.807, 2.05) is 23.1 Å². The van der Waals surface area contributed by atoms with E-state index in [0.717, 1.165) is 16.3 Å². The molecular formula is C23H24Cl2FN5O2. The van der Waals surface area contributed by atoms with E-state index in [2.05, 4.69) is 20.4 Å². The van der Waals surface area contributed by atoms with Gasteiger partial charge in [-0.2, -0.15) is 0 Å². The molecule has 33 heavy (non-hydrogen) atoms. The van der Waals surface area contributed by atoms with Gasteiger partial charge in [0.15, 0.2) is 17.3 Å². The standard InChI is InChI=1S/C23H23ClFN5O2.ClH/c1-26-16-4-5-17-18(12-16)21(27-13-15-3-6-20(32-2)19(24)11-15)28-29-22(17)30-9-7-23(31,14-25)8-10-30;/h3-6,11-12,31H,7-10,13-14H2,2H3,(H,27,28);1H. The molecule has 2 heterocycles. The maximum absolute atomic E-state index is 13.1. The molecular weight excluding hydrogens is 468 g/mol. The molecule has 1 fully saturated rings. The number of anilines is 2. The van der Waals surface area contributed by atoms with Crippen molar-refractivity contribution in [2.45, 2.75) is 25.0 Å². The minimum absolute atomic E-state index is 0. The Morgan fingerprint density at radius 1 is 1.21 bits per heavy atom. The fourth-order valence-electron chi connectivity index (χ4n) is 3.84. The number of halogens is 3. The summed E-state index contributed by atoms with van der Waals surface area (Å²) in [5.41, 5.74) is 0.174. The topological polar surface area (TPSA) is 74.9 Å². The molecule has 1 aromatic heterocycles. The Morgan fingerprint density at radius 3 is 2.61 bits per heavy atom. The molecule has 174 valence electrons. The van der Waals surface area contributed by atoms with E-state index in [-0.39, 0.29) is 12.4 Å². The molecule has 0 amide bonds. The van der Waals surface area contributed by atoms with E-state index < -0.39 is 12.3 Å². The van der Waals surface area contributed by atoms with Gasteiger partial charge in [-0.3, -0.25) is 0 Å². The number of fused-ring (bicyclic) bond motifs is 1. The third kappa shape index (κ3) is 5.22. The fraction of sp³-hybridized carbons (Fsp3) is 0.348. The lowest BCUT2D eigenvalue weighted by Crippen LogP contribution is -2.46. The summed E-state index contributed by atoms with van der Waals surface area (Å²) in [6.45, 7) is 8.04. The van der Waals surface area contributed by atoms with E-state index in [1.54, 1.807) is 25.3 Å². The number of nitrogens with one attached hydrogen (secondary N) is 1. The van der Waals surface area contributed by atoms with Crippen LogP contribution in [0.1, 0.15) is 18.4 Å². The first-order chi connectivity index (χ1) is 15.5. The Kier molecular flexibility index (Phi) is 7.80. The summed E-state index contributed by atoms with van der Waals surface area (Å²) in [6, 6.07) is 10.9. The molecule has 2 aromatic carbocycles. The van der Waals surface area contributed by atoms with Crippen LogP contribution in [0.3, 0.4) is 0 Å². The van der Waals surface area contributed by atoms with Crippen molar-refractivity contribution < 1.29 is 14.2 Å². The zero-order chi connectivity index (χ0) is 22.7. The summed E-state index contributed by atoms with van der Waals surface area (Å²) in [6.07, 6.45) is 0.649. The summed E-state index contributed by atoms with van der Waals surface area (Å²) >= 11 is 6.22. The van der Waals surface area contributed by atoms with Crippen LogP contribution in [0.5, 0.6) is 5.75 Å². The number of piperidine rings is 1. The zero-order valence-corrected chi connectivity index (χ0v) is 19.6. The molecule has 0 unspecified atom stereocenters. The van der Waals surface area contributed by atoms with Crippen molar-refractivity contribution in [3.63, 3.8) is 0 Å². The number of nitrogens with zero attached hydrogens (tertiary/aromatic N) is 4. The number of rotatable bonds is 6. The minimum atomic E-state index is -1.27. The normalized spacial score (nSPS) is 14.9. The van der Waals surface area contributed by atoms with Gasteiger partial charge in [-0.1, -0.05) is 29.8 Å². The van der Waals surface area contributed by atoms with Gasteiger partial charge in [-0.15, -0.1) is 22.6 Å². The Labute approximate surface area is 202 Å². The maximum atomic E-state index is 13.1. The second-order valence-corrected chi connectivity index (χ2v) is 8.29. The molecule has 0 atom stereocenters. The van der Waals surface area contributed by atoms with Crippen LogP contribution < -0.4 is 15.0 Å². The van der Waals surface area contributed by atoms with Crippen molar-refractivity contribution >= 4 is 52.1 Å². The van der Waals surface area contributed by atoms with Crippen LogP contribution in [-0.2, 0) is 6.54 Å². The number of hydrogen-bond acceptors (Lipinski definition) is 6. The van der Waals surface area contributed by atoms with Crippen LogP contribution in [-0.4, -0.2) is 47.8 Å². The van der Waals surface area contributed by atoms with Gasteiger partial charge < -0.3 is 20.1 Å². The van der Waals surface area contributed by atoms with E-state index >= 15 is 0 Å². The maximum Gasteiger partial charge on any atom is 0.188 e. The van der Waals surface area contributed by atoms with Gasteiger partial charge in [0.1, 0.15) is 12.4 Å². The van der Waals surface area contributed by atoms with Crippen LogP contribution in [0, 0.1) is 6.57 Å². The van der Waals surface area contributed by atoms with Crippen molar-refractivity contribution in [3.8, 4) is 5.75 Å². The Morgan fingerprint density at radius 2 is 1.97 bits per heavy atom. The summed E-state index contributed by atoms with van der Waals surface area (Å²) in [5.74, 6) is 1.82. The fourth-order valence-corrected chi connectivity index (χ4v) is 4.12. The van der Waals surface area contributed by atoms with Gasteiger partial charge in [0, 0.05) is 30.4 Å². The molecule has 0 saturated carbocycles. The molecule has 10 heteroatoms. The highest BCUT2D eigenvalue weighted by Gasteiger charge is 2.33. The van der Waals surface area contributed by atoms with E-state index in [9.17, 15) is 9.50 Å². The number of methoxy groups -OCH3 is 1. The monoisotopic (exact) mass is 491 g/mol.